The Morgan fingerprint density at radius 2 is 2.05 bits per heavy atom. The third-order valence-electron chi connectivity index (χ3n) is 3.63. The number of carbonyl (C=O) groups excluding carboxylic acids is 1. The van der Waals surface area contributed by atoms with Crippen LogP contribution in [0.15, 0.2) is 12.1 Å². The standard InChI is InChI=1S/C14H17NO5.ClH/c1-14(2)6-18-13(16)15-12(14)8-4-9(17-3)11-10(5-8)19-7-20-11;/h4-5,12H,6-7H2,1-3H3,(H,15,16);1H/t12-;/m1./s1. The van der Waals surface area contributed by atoms with Gasteiger partial charge in [-0.25, -0.2) is 4.79 Å². The molecule has 21 heavy (non-hydrogen) atoms. The number of alkyl carbamates (subject to hydrolysis) is 1. The van der Waals surface area contributed by atoms with Gasteiger partial charge in [-0.3, -0.25) is 0 Å². The van der Waals surface area contributed by atoms with Crippen LogP contribution in [-0.2, 0) is 4.74 Å². The van der Waals surface area contributed by atoms with Gasteiger partial charge in [0.1, 0.15) is 6.61 Å². The summed E-state index contributed by atoms with van der Waals surface area (Å²) in [5.74, 6) is 1.84. The SMILES string of the molecule is COc1cc([C@H]2NC(=O)OCC2(C)C)cc2c1OCO2.Cl. The number of amides is 1. The number of benzene rings is 1. The van der Waals surface area contributed by atoms with Crippen molar-refractivity contribution in [2.75, 3.05) is 20.5 Å². The number of hydrogen-bond acceptors (Lipinski definition) is 5. The van der Waals surface area contributed by atoms with Crippen LogP contribution in [-0.4, -0.2) is 26.6 Å². The van der Waals surface area contributed by atoms with Crippen LogP contribution in [0.25, 0.3) is 0 Å². The first-order chi connectivity index (χ1) is 9.51. The van der Waals surface area contributed by atoms with Crippen LogP contribution in [0.3, 0.4) is 0 Å². The molecule has 3 rings (SSSR count). The minimum atomic E-state index is -0.411. The van der Waals surface area contributed by atoms with E-state index >= 15 is 0 Å². The lowest BCUT2D eigenvalue weighted by molar-refractivity contribution is 0.0386. The van der Waals surface area contributed by atoms with Crippen molar-refractivity contribution in [2.24, 2.45) is 5.41 Å². The molecular formula is C14H18ClNO5. The molecule has 2 heterocycles. The molecule has 0 aliphatic carbocycles. The highest BCUT2D eigenvalue weighted by Gasteiger charge is 2.39. The molecule has 2 aliphatic rings. The molecule has 7 heteroatoms. The molecule has 116 valence electrons. The van der Waals surface area contributed by atoms with E-state index < -0.39 is 6.09 Å². The minimum absolute atomic E-state index is 0. The maximum atomic E-state index is 11.5. The van der Waals surface area contributed by atoms with Gasteiger partial charge >= 0.3 is 6.09 Å². The summed E-state index contributed by atoms with van der Waals surface area (Å²) < 4.78 is 21.2. The van der Waals surface area contributed by atoms with E-state index in [1.165, 1.54) is 0 Å². The molecule has 6 nitrogen and oxygen atoms in total. The summed E-state index contributed by atoms with van der Waals surface area (Å²) in [5.41, 5.74) is 0.680. The number of fused-ring (bicyclic) bond motifs is 1. The van der Waals surface area contributed by atoms with Crippen molar-refractivity contribution in [3.05, 3.63) is 17.7 Å². The minimum Gasteiger partial charge on any atom is -0.493 e. The molecule has 1 saturated heterocycles. The Morgan fingerprint density at radius 1 is 1.29 bits per heavy atom. The molecule has 0 saturated carbocycles. The van der Waals surface area contributed by atoms with E-state index in [4.69, 9.17) is 18.9 Å². The molecule has 0 radical (unpaired) electrons. The van der Waals surface area contributed by atoms with Gasteiger partial charge in [0.25, 0.3) is 0 Å². The first-order valence-corrected chi connectivity index (χ1v) is 6.42. The second-order valence-corrected chi connectivity index (χ2v) is 5.60. The van der Waals surface area contributed by atoms with Crippen LogP contribution in [0.4, 0.5) is 4.79 Å². The van der Waals surface area contributed by atoms with Crippen molar-refractivity contribution < 1.29 is 23.7 Å². The van der Waals surface area contributed by atoms with Crippen LogP contribution < -0.4 is 19.5 Å². The average molecular weight is 316 g/mol. The van der Waals surface area contributed by atoms with E-state index in [2.05, 4.69) is 5.32 Å². The molecule has 1 fully saturated rings. The highest BCUT2D eigenvalue weighted by atomic mass is 35.5. The van der Waals surface area contributed by atoms with Crippen molar-refractivity contribution in [3.63, 3.8) is 0 Å². The van der Waals surface area contributed by atoms with Crippen molar-refractivity contribution in [3.8, 4) is 17.2 Å². The van der Waals surface area contributed by atoms with Crippen LogP contribution in [0.2, 0.25) is 0 Å². The van der Waals surface area contributed by atoms with Gasteiger partial charge in [0.2, 0.25) is 12.5 Å². The Bertz CT molecular complexity index is 561. The van der Waals surface area contributed by atoms with Gasteiger partial charge in [-0.05, 0) is 17.7 Å². The smallest absolute Gasteiger partial charge is 0.407 e. The lowest BCUT2D eigenvalue weighted by Gasteiger charge is -2.38. The second-order valence-electron chi connectivity index (χ2n) is 5.60. The summed E-state index contributed by atoms with van der Waals surface area (Å²) in [7, 11) is 1.58. The molecule has 0 bridgehead atoms. The molecule has 0 unspecified atom stereocenters. The van der Waals surface area contributed by atoms with Gasteiger partial charge in [0.05, 0.1) is 13.2 Å². The lowest BCUT2D eigenvalue weighted by atomic mass is 9.80. The Morgan fingerprint density at radius 3 is 2.76 bits per heavy atom. The summed E-state index contributed by atoms with van der Waals surface area (Å²) in [4.78, 5) is 11.5. The lowest BCUT2D eigenvalue weighted by Crippen LogP contribution is -2.46. The zero-order valence-corrected chi connectivity index (χ0v) is 12.9. The predicted octanol–water partition coefficient (Wildman–Crippen LogP) is 2.65. The third-order valence-corrected chi connectivity index (χ3v) is 3.63. The Hall–Kier alpha value is -1.82. The third kappa shape index (κ3) is 2.68. The first kappa shape index (κ1) is 15.6. The monoisotopic (exact) mass is 315 g/mol. The highest BCUT2D eigenvalue weighted by Crippen LogP contribution is 2.46. The van der Waals surface area contributed by atoms with E-state index in [-0.39, 0.29) is 30.7 Å². The quantitative estimate of drug-likeness (QED) is 0.909. The molecule has 0 spiro atoms. The summed E-state index contributed by atoms with van der Waals surface area (Å²) in [6.45, 7) is 4.61. The van der Waals surface area contributed by atoms with Gasteiger partial charge in [0, 0.05) is 5.41 Å². The van der Waals surface area contributed by atoms with Crippen molar-refractivity contribution in [2.45, 2.75) is 19.9 Å². The topological polar surface area (TPSA) is 66.0 Å². The fourth-order valence-electron chi connectivity index (χ4n) is 2.54. The molecule has 2 aliphatic heterocycles. The van der Waals surface area contributed by atoms with Gasteiger partial charge in [-0.1, -0.05) is 13.8 Å². The number of rotatable bonds is 2. The average Bonchev–Trinajstić information content (AvgIpc) is 2.88. The molecular weight excluding hydrogens is 298 g/mol. The van der Waals surface area contributed by atoms with Crippen LogP contribution >= 0.6 is 12.4 Å². The maximum absolute atomic E-state index is 11.5. The molecule has 1 aromatic carbocycles. The van der Waals surface area contributed by atoms with Gasteiger partial charge < -0.3 is 24.3 Å². The first-order valence-electron chi connectivity index (χ1n) is 6.42. The van der Waals surface area contributed by atoms with Gasteiger partial charge in [0.15, 0.2) is 11.5 Å². The Labute approximate surface area is 129 Å². The number of methoxy groups -OCH3 is 1. The predicted molar refractivity (Wildman–Crippen MR) is 77.4 cm³/mol. The number of ether oxygens (including phenoxy) is 4. The number of carbonyl (C=O) groups is 1. The maximum Gasteiger partial charge on any atom is 0.407 e. The van der Waals surface area contributed by atoms with Crippen LogP contribution in [0.5, 0.6) is 17.2 Å². The van der Waals surface area contributed by atoms with E-state index in [9.17, 15) is 4.79 Å². The van der Waals surface area contributed by atoms with Crippen LogP contribution in [0.1, 0.15) is 25.5 Å². The van der Waals surface area contributed by atoms with E-state index in [0.717, 1.165) is 5.56 Å². The van der Waals surface area contributed by atoms with Crippen molar-refractivity contribution in [1.29, 1.82) is 0 Å². The summed E-state index contributed by atoms with van der Waals surface area (Å²) >= 11 is 0. The summed E-state index contributed by atoms with van der Waals surface area (Å²) in [5, 5.41) is 2.85. The number of cyclic esters (lactones) is 1. The Kier molecular flexibility index (Phi) is 4.09. The highest BCUT2D eigenvalue weighted by molar-refractivity contribution is 5.85. The summed E-state index contributed by atoms with van der Waals surface area (Å²) in [6.07, 6.45) is -0.411. The second kappa shape index (κ2) is 5.52. The van der Waals surface area contributed by atoms with Crippen molar-refractivity contribution in [1.82, 2.24) is 5.32 Å². The normalized spacial score (nSPS) is 21.9. The van der Waals surface area contributed by atoms with Gasteiger partial charge in [-0.15, -0.1) is 12.4 Å². The molecule has 1 amide bonds. The molecule has 1 aromatic rings. The molecule has 1 N–H and O–H groups in total. The van der Waals surface area contributed by atoms with Crippen LogP contribution in [0, 0.1) is 5.41 Å². The van der Waals surface area contributed by atoms with E-state index in [0.29, 0.717) is 23.9 Å². The number of halogens is 1. The van der Waals surface area contributed by atoms with E-state index in [1.807, 2.05) is 26.0 Å². The molecule has 0 aromatic heterocycles. The zero-order chi connectivity index (χ0) is 14.3. The summed E-state index contributed by atoms with van der Waals surface area (Å²) in [6, 6.07) is 3.57. The Balaban J connectivity index is 0.00000161. The van der Waals surface area contributed by atoms with Crippen molar-refractivity contribution >= 4 is 18.5 Å². The largest absolute Gasteiger partial charge is 0.493 e. The fourth-order valence-corrected chi connectivity index (χ4v) is 2.54. The number of hydrogen-bond donors (Lipinski definition) is 1. The molecule has 1 atom stereocenters. The van der Waals surface area contributed by atoms with E-state index in [1.54, 1.807) is 7.11 Å². The fraction of sp³-hybridized carbons (Fsp3) is 0.500. The zero-order valence-electron chi connectivity index (χ0n) is 12.1. The number of nitrogens with one attached hydrogen (secondary N) is 1. The van der Waals surface area contributed by atoms with Gasteiger partial charge in [-0.2, -0.15) is 0 Å².